The second-order valence-corrected chi connectivity index (χ2v) is 3.99. The molecule has 3 N–H and O–H groups in total. The lowest BCUT2D eigenvalue weighted by Crippen LogP contribution is -2.25. The molecular weight excluding hydrogens is 232 g/mol. The lowest BCUT2D eigenvalue weighted by atomic mass is 10.2. The molecule has 18 heavy (non-hydrogen) atoms. The van der Waals surface area contributed by atoms with Gasteiger partial charge in [-0.2, -0.15) is 4.98 Å². The molecule has 1 aromatic rings. The van der Waals surface area contributed by atoms with Crippen LogP contribution in [0, 0.1) is 0 Å². The molecule has 0 aromatic carbocycles. The zero-order chi connectivity index (χ0) is 13.4. The summed E-state index contributed by atoms with van der Waals surface area (Å²) in [5, 5.41) is 3.23. The van der Waals surface area contributed by atoms with Crippen LogP contribution in [0.25, 0.3) is 0 Å². The Bertz CT molecular complexity index is 360. The Morgan fingerprint density at radius 3 is 2.78 bits per heavy atom. The van der Waals surface area contributed by atoms with Crippen LogP contribution < -0.4 is 15.8 Å². The Hall–Kier alpha value is -1.56. The van der Waals surface area contributed by atoms with E-state index in [1.54, 1.807) is 7.11 Å². The normalized spacial score (nSPS) is 12.2. The predicted octanol–water partition coefficient (Wildman–Crippen LogP) is 1.68. The van der Waals surface area contributed by atoms with Gasteiger partial charge in [-0.05, 0) is 12.8 Å². The first-order valence-electron chi connectivity index (χ1n) is 6.21. The fraction of sp³-hybridized carbons (Fsp3) is 0.667. The summed E-state index contributed by atoms with van der Waals surface area (Å²) < 4.78 is 10.6. The molecule has 0 amide bonds. The van der Waals surface area contributed by atoms with Crippen LogP contribution in [-0.2, 0) is 4.74 Å². The van der Waals surface area contributed by atoms with E-state index in [1.165, 1.54) is 6.33 Å². The summed E-state index contributed by atoms with van der Waals surface area (Å²) in [6.45, 7) is 5.30. The zero-order valence-electron chi connectivity index (χ0n) is 11.3. The summed E-state index contributed by atoms with van der Waals surface area (Å²) in [4.78, 5) is 8.16. The first kappa shape index (κ1) is 14.5. The molecule has 1 aromatic heterocycles. The van der Waals surface area contributed by atoms with Gasteiger partial charge in [0.15, 0.2) is 5.82 Å². The van der Waals surface area contributed by atoms with Crippen molar-refractivity contribution in [3.8, 4) is 5.88 Å². The van der Waals surface area contributed by atoms with Gasteiger partial charge in [0.1, 0.15) is 12.0 Å². The molecule has 0 spiro atoms. The maximum atomic E-state index is 5.97. The number of rotatable bonds is 8. The highest BCUT2D eigenvalue weighted by Crippen LogP contribution is 2.25. The topological polar surface area (TPSA) is 82.3 Å². The second kappa shape index (κ2) is 7.71. The van der Waals surface area contributed by atoms with E-state index in [-0.39, 0.29) is 6.04 Å². The molecule has 6 heteroatoms. The minimum Gasteiger partial charge on any atom is -0.476 e. The van der Waals surface area contributed by atoms with Crippen molar-refractivity contribution in [2.75, 3.05) is 31.4 Å². The monoisotopic (exact) mass is 254 g/mol. The third-order valence-electron chi connectivity index (χ3n) is 2.49. The number of hydrogen-bond acceptors (Lipinski definition) is 6. The first-order chi connectivity index (χ1) is 8.72. The summed E-state index contributed by atoms with van der Waals surface area (Å²) in [6.07, 6.45) is 3.28. The molecule has 0 saturated carbocycles. The average molecular weight is 254 g/mol. The maximum absolute atomic E-state index is 5.97. The number of nitrogens with one attached hydrogen (secondary N) is 1. The summed E-state index contributed by atoms with van der Waals surface area (Å²) in [7, 11) is 1.67. The van der Waals surface area contributed by atoms with E-state index in [1.807, 2.05) is 6.92 Å². The van der Waals surface area contributed by atoms with Gasteiger partial charge in [0.25, 0.3) is 0 Å². The summed E-state index contributed by atoms with van der Waals surface area (Å²) in [6, 6.07) is 0.172. The van der Waals surface area contributed by atoms with Gasteiger partial charge in [0, 0.05) is 7.11 Å². The van der Waals surface area contributed by atoms with Gasteiger partial charge in [0.05, 0.1) is 19.3 Å². The van der Waals surface area contributed by atoms with E-state index in [4.69, 9.17) is 15.2 Å². The molecule has 0 bridgehead atoms. The van der Waals surface area contributed by atoms with Crippen molar-refractivity contribution < 1.29 is 9.47 Å². The van der Waals surface area contributed by atoms with Crippen molar-refractivity contribution in [1.29, 1.82) is 0 Å². The van der Waals surface area contributed by atoms with Gasteiger partial charge >= 0.3 is 0 Å². The number of aromatic nitrogens is 2. The Morgan fingerprint density at radius 1 is 1.39 bits per heavy atom. The number of nitrogen functional groups attached to an aromatic ring is 1. The quantitative estimate of drug-likeness (QED) is 0.734. The van der Waals surface area contributed by atoms with Crippen molar-refractivity contribution in [3.05, 3.63) is 6.33 Å². The molecule has 0 fully saturated rings. The van der Waals surface area contributed by atoms with Crippen LogP contribution in [0.5, 0.6) is 5.88 Å². The highest BCUT2D eigenvalue weighted by Gasteiger charge is 2.12. The SMILES string of the molecule is CCCOc1ncnc(NC(CC)COC)c1N. The van der Waals surface area contributed by atoms with Crippen molar-refractivity contribution in [2.45, 2.75) is 32.7 Å². The van der Waals surface area contributed by atoms with E-state index in [9.17, 15) is 0 Å². The van der Waals surface area contributed by atoms with Crippen molar-refractivity contribution >= 4 is 11.5 Å². The van der Waals surface area contributed by atoms with Gasteiger partial charge in [-0.3, -0.25) is 0 Å². The van der Waals surface area contributed by atoms with Gasteiger partial charge in [-0.25, -0.2) is 4.98 Å². The predicted molar refractivity (Wildman–Crippen MR) is 71.8 cm³/mol. The van der Waals surface area contributed by atoms with Crippen molar-refractivity contribution in [2.24, 2.45) is 0 Å². The highest BCUT2D eigenvalue weighted by molar-refractivity contribution is 5.66. The van der Waals surface area contributed by atoms with Crippen LogP contribution in [0.2, 0.25) is 0 Å². The molecule has 0 aliphatic carbocycles. The number of ether oxygens (including phenoxy) is 2. The number of hydrogen-bond donors (Lipinski definition) is 2. The fourth-order valence-corrected chi connectivity index (χ4v) is 1.46. The maximum Gasteiger partial charge on any atom is 0.242 e. The van der Waals surface area contributed by atoms with E-state index in [0.717, 1.165) is 12.8 Å². The molecule has 1 atom stereocenters. The fourth-order valence-electron chi connectivity index (χ4n) is 1.46. The molecule has 1 heterocycles. The third-order valence-corrected chi connectivity index (χ3v) is 2.49. The highest BCUT2D eigenvalue weighted by atomic mass is 16.5. The largest absolute Gasteiger partial charge is 0.476 e. The molecule has 0 aliphatic heterocycles. The Kier molecular flexibility index (Phi) is 6.21. The smallest absolute Gasteiger partial charge is 0.242 e. The standard InChI is InChI=1S/C12H22N4O2/c1-4-6-18-12-10(13)11(14-8-15-12)16-9(5-2)7-17-3/h8-9H,4-7,13H2,1-3H3,(H,14,15,16). The molecule has 1 unspecified atom stereocenters. The zero-order valence-corrected chi connectivity index (χ0v) is 11.3. The lowest BCUT2D eigenvalue weighted by Gasteiger charge is -2.18. The third kappa shape index (κ3) is 4.03. The second-order valence-electron chi connectivity index (χ2n) is 3.99. The Labute approximate surface area is 108 Å². The van der Waals surface area contributed by atoms with Crippen LogP contribution in [0.1, 0.15) is 26.7 Å². The Morgan fingerprint density at radius 2 is 2.17 bits per heavy atom. The summed E-state index contributed by atoms with van der Waals surface area (Å²) in [5.41, 5.74) is 6.41. The number of nitrogens with zero attached hydrogens (tertiary/aromatic N) is 2. The lowest BCUT2D eigenvalue weighted by molar-refractivity contribution is 0.184. The molecule has 0 radical (unpaired) electrons. The van der Waals surface area contributed by atoms with Gasteiger partial charge in [0.2, 0.25) is 5.88 Å². The number of nitrogens with two attached hydrogens (primary N) is 1. The van der Waals surface area contributed by atoms with E-state index < -0.39 is 0 Å². The summed E-state index contributed by atoms with van der Waals surface area (Å²) in [5.74, 6) is 1.03. The van der Waals surface area contributed by atoms with E-state index >= 15 is 0 Å². The average Bonchev–Trinajstić information content (AvgIpc) is 2.39. The Balaban J connectivity index is 2.75. The minimum atomic E-state index is 0.172. The van der Waals surface area contributed by atoms with Crippen LogP contribution in [0.15, 0.2) is 6.33 Å². The molecule has 0 aliphatic rings. The van der Waals surface area contributed by atoms with Crippen LogP contribution >= 0.6 is 0 Å². The summed E-state index contributed by atoms with van der Waals surface area (Å²) >= 11 is 0. The number of anilines is 2. The van der Waals surface area contributed by atoms with Crippen LogP contribution in [0.4, 0.5) is 11.5 Å². The van der Waals surface area contributed by atoms with Crippen molar-refractivity contribution in [1.82, 2.24) is 9.97 Å². The van der Waals surface area contributed by atoms with Gasteiger partial charge < -0.3 is 20.5 Å². The van der Waals surface area contributed by atoms with Crippen LogP contribution in [0.3, 0.4) is 0 Å². The molecule has 1 rings (SSSR count). The molecular formula is C12H22N4O2. The van der Waals surface area contributed by atoms with Gasteiger partial charge in [-0.1, -0.05) is 13.8 Å². The van der Waals surface area contributed by atoms with E-state index in [2.05, 4.69) is 22.2 Å². The first-order valence-corrected chi connectivity index (χ1v) is 6.21. The van der Waals surface area contributed by atoms with Crippen molar-refractivity contribution in [3.63, 3.8) is 0 Å². The van der Waals surface area contributed by atoms with Gasteiger partial charge in [-0.15, -0.1) is 0 Å². The minimum absolute atomic E-state index is 0.172. The van der Waals surface area contributed by atoms with E-state index in [0.29, 0.717) is 30.6 Å². The molecule has 6 nitrogen and oxygen atoms in total. The number of methoxy groups -OCH3 is 1. The molecule has 0 saturated heterocycles. The molecule has 102 valence electrons. The van der Waals surface area contributed by atoms with Crippen LogP contribution in [-0.4, -0.2) is 36.3 Å².